The Morgan fingerprint density at radius 1 is 1.61 bits per heavy atom. The summed E-state index contributed by atoms with van der Waals surface area (Å²) in [6.07, 6.45) is 2.81. The summed E-state index contributed by atoms with van der Waals surface area (Å²) in [4.78, 5) is 17.0. The summed E-state index contributed by atoms with van der Waals surface area (Å²) in [5.74, 6) is -0.996. The average Bonchev–Trinajstić information content (AvgIpc) is 2.39. The summed E-state index contributed by atoms with van der Waals surface area (Å²) in [6, 6.07) is 3.69. The molecule has 2 unspecified atom stereocenters. The van der Waals surface area contributed by atoms with Gasteiger partial charge >= 0.3 is 5.97 Å². The number of aromatic nitrogens is 1. The van der Waals surface area contributed by atoms with Gasteiger partial charge in [-0.05, 0) is 25.5 Å². The van der Waals surface area contributed by atoms with E-state index in [9.17, 15) is 4.79 Å². The number of morpholine rings is 1. The molecule has 0 spiro atoms. The van der Waals surface area contributed by atoms with Gasteiger partial charge in [0, 0.05) is 6.54 Å². The van der Waals surface area contributed by atoms with E-state index in [2.05, 4.69) is 16.8 Å². The molecule has 1 aromatic heterocycles. The van der Waals surface area contributed by atoms with Crippen LogP contribution in [0.25, 0.3) is 0 Å². The van der Waals surface area contributed by atoms with E-state index in [0.717, 1.165) is 18.7 Å². The summed E-state index contributed by atoms with van der Waals surface area (Å²) in [6.45, 7) is 5.68. The molecule has 1 N–H and O–H groups in total. The minimum Gasteiger partial charge on any atom is -0.477 e. The number of hydrogen-bond donors (Lipinski definition) is 1. The highest BCUT2D eigenvalue weighted by molar-refractivity contribution is 5.85. The normalized spacial score (nSPS) is 24.0. The number of carbonyl (C=O) groups is 1. The zero-order valence-electron chi connectivity index (χ0n) is 10.7. The van der Waals surface area contributed by atoms with E-state index < -0.39 is 5.97 Å². The van der Waals surface area contributed by atoms with E-state index in [1.165, 1.54) is 0 Å². The number of aromatic carboxylic acids is 1. The fraction of sp³-hybridized carbons (Fsp3) is 0.538. The molecule has 98 valence electrons. The third kappa shape index (κ3) is 2.61. The van der Waals surface area contributed by atoms with Crippen molar-refractivity contribution in [2.45, 2.75) is 32.4 Å². The van der Waals surface area contributed by atoms with Gasteiger partial charge in [-0.25, -0.2) is 9.78 Å². The Bertz CT molecular complexity index is 419. The van der Waals surface area contributed by atoms with E-state index in [-0.39, 0.29) is 11.8 Å². The largest absolute Gasteiger partial charge is 0.477 e. The van der Waals surface area contributed by atoms with Gasteiger partial charge in [0.25, 0.3) is 0 Å². The van der Waals surface area contributed by atoms with Crippen LogP contribution in [0.1, 0.15) is 30.8 Å². The monoisotopic (exact) mass is 250 g/mol. The molecule has 0 aliphatic carbocycles. The lowest BCUT2D eigenvalue weighted by atomic mass is 10.1. The molecule has 5 nitrogen and oxygen atoms in total. The van der Waals surface area contributed by atoms with E-state index >= 15 is 0 Å². The summed E-state index contributed by atoms with van der Waals surface area (Å²) >= 11 is 0. The molecule has 1 fully saturated rings. The van der Waals surface area contributed by atoms with Gasteiger partial charge in [-0.2, -0.15) is 0 Å². The van der Waals surface area contributed by atoms with Gasteiger partial charge in [0.2, 0.25) is 0 Å². The number of ether oxygens (including phenoxy) is 1. The lowest BCUT2D eigenvalue weighted by Crippen LogP contribution is -2.48. The fourth-order valence-corrected chi connectivity index (χ4v) is 2.18. The topological polar surface area (TPSA) is 62.7 Å². The van der Waals surface area contributed by atoms with Crippen LogP contribution in [0, 0.1) is 0 Å². The van der Waals surface area contributed by atoms with Crippen molar-refractivity contribution in [2.75, 3.05) is 18.1 Å². The maximum atomic E-state index is 10.8. The minimum atomic E-state index is -0.996. The average molecular weight is 250 g/mol. The van der Waals surface area contributed by atoms with Gasteiger partial charge in [0.05, 0.1) is 30.6 Å². The van der Waals surface area contributed by atoms with Gasteiger partial charge in [-0.3, -0.25) is 0 Å². The Kier molecular flexibility index (Phi) is 3.81. The van der Waals surface area contributed by atoms with E-state index in [4.69, 9.17) is 9.84 Å². The molecule has 0 radical (unpaired) electrons. The van der Waals surface area contributed by atoms with Crippen LogP contribution in [0.3, 0.4) is 0 Å². The fourth-order valence-electron chi connectivity index (χ4n) is 2.18. The second-order valence-corrected chi connectivity index (χ2v) is 4.57. The summed E-state index contributed by atoms with van der Waals surface area (Å²) < 4.78 is 5.64. The first-order valence-electron chi connectivity index (χ1n) is 6.19. The lowest BCUT2D eigenvalue weighted by Gasteiger charge is -2.39. The molecule has 0 aromatic carbocycles. The van der Waals surface area contributed by atoms with Crippen molar-refractivity contribution in [2.24, 2.45) is 0 Å². The van der Waals surface area contributed by atoms with Gasteiger partial charge in [0.15, 0.2) is 0 Å². The van der Waals surface area contributed by atoms with E-state index in [1.54, 1.807) is 12.3 Å². The van der Waals surface area contributed by atoms with E-state index in [1.807, 2.05) is 13.0 Å². The second-order valence-electron chi connectivity index (χ2n) is 4.57. The molecule has 2 rings (SSSR count). The van der Waals surface area contributed by atoms with Crippen molar-refractivity contribution < 1.29 is 14.6 Å². The zero-order valence-corrected chi connectivity index (χ0v) is 10.7. The molecule has 1 saturated heterocycles. The quantitative estimate of drug-likeness (QED) is 0.886. The molecule has 18 heavy (non-hydrogen) atoms. The van der Waals surface area contributed by atoms with Crippen LogP contribution in [0.2, 0.25) is 0 Å². The molecule has 0 bridgehead atoms. The Hall–Kier alpha value is -1.62. The number of hydrogen-bond acceptors (Lipinski definition) is 4. The van der Waals surface area contributed by atoms with Crippen molar-refractivity contribution in [1.29, 1.82) is 0 Å². The predicted octanol–water partition coefficient (Wildman–Crippen LogP) is 1.78. The third-order valence-corrected chi connectivity index (χ3v) is 3.24. The van der Waals surface area contributed by atoms with Crippen LogP contribution in [0.4, 0.5) is 5.69 Å². The number of rotatable bonds is 3. The van der Waals surface area contributed by atoms with E-state index in [0.29, 0.717) is 12.6 Å². The van der Waals surface area contributed by atoms with Crippen LogP contribution in [0.15, 0.2) is 18.3 Å². The van der Waals surface area contributed by atoms with Gasteiger partial charge in [0.1, 0.15) is 5.69 Å². The number of carboxylic acids is 1. The standard InChI is InChI=1S/C13H18N2O3/c1-3-10-8-18-9(2)7-15(10)11-4-5-12(13(16)17)14-6-11/h4-6,9-10H,3,7-8H2,1-2H3,(H,16,17). The molecule has 1 aliphatic heterocycles. The van der Waals surface area contributed by atoms with Gasteiger partial charge < -0.3 is 14.7 Å². The van der Waals surface area contributed by atoms with Crippen molar-refractivity contribution >= 4 is 11.7 Å². The maximum absolute atomic E-state index is 10.8. The summed E-state index contributed by atoms with van der Waals surface area (Å²) in [5, 5.41) is 8.83. The first-order valence-corrected chi connectivity index (χ1v) is 6.19. The molecule has 0 amide bonds. The Balaban J connectivity index is 2.20. The molecule has 1 aliphatic rings. The molecule has 2 atom stereocenters. The molecular weight excluding hydrogens is 232 g/mol. The second kappa shape index (κ2) is 5.35. The SMILES string of the molecule is CCC1COC(C)CN1c1ccc(C(=O)O)nc1. The molecular formula is C13H18N2O3. The van der Waals surface area contributed by atoms with Crippen LogP contribution in [-0.4, -0.2) is 41.4 Å². The minimum absolute atomic E-state index is 0.0770. The van der Waals surface area contributed by atoms with Gasteiger partial charge in [-0.1, -0.05) is 6.92 Å². The van der Waals surface area contributed by atoms with Gasteiger partial charge in [-0.15, -0.1) is 0 Å². The zero-order chi connectivity index (χ0) is 13.1. The number of carboxylic acid groups (broad SMARTS) is 1. The van der Waals surface area contributed by atoms with Crippen molar-refractivity contribution in [1.82, 2.24) is 4.98 Å². The molecule has 1 aromatic rings. The molecule has 2 heterocycles. The first kappa shape index (κ1) is 12.8. The van der Waals surface area contributed by atoms with Crippen molar-refractivity contribution in [3.05, 3.63) is 24.0 Å². The van der Waals surface area contributed by atoms with Crippen LogP contribution in [0.5, 0.6) is 0 Å². The predicted molar refractivity (Wildman–Crippen MR) is 68.0 cm³/mol. The maximum Gasteiger partial charge on any atom is 0.354 e. The Labute approximate surface area is 106 Å². The highest BCUT2D eigenvalue weighted by Crippen LogP contribution is 2.22. The number of anilines is 1. The Morgan fingerprint density at radius 2 is 2.39 bits per heavy atom. The van der Waals surface area contributed by atoms with Crippen LogP contribution in [-0.2, 0) is 4.74 Å². The van der Waals surface area contributed by atoms with Crippen molar-refractivity contribution in [3.8, 4) is 0 Å². The van der Waals surface area contributed by atoms with Crippen LogP contribution >= 0.6 is 0 Å². The Morgan fingerprint density at radius 3 is 2.94 bits per heavy atom. The number of nitrogens with zero attached hydrogens (tertiary/aromatic N) is 2. The molecule has 0 saturated carbocycles. The highest BCUT2D eigenvalue weighted by atomic mass is 16.5. The van der Waals surface area contributed by atoms with Crippen LogP contribution < -0.4 is 4.90 Å². The van der Waals surface area contributed by atoms with Crippen molar-refractivity contribution in [3.63, 3.8) is 0 Å². The lowest BCUT2D eigenvalue weighted by molar-refractivity contribution is 0.0299. The molecule has 5 heteroatoms. The highest BCUT2D eigenvalue weighted by Gasteiger charge is 2.25. The smallest absolute Gasteiger partial charge is 0.354 e. The number of pyridine rings is 1. The third-order valence-electron chi connectivity index (χ3n) is 3.24. The summed E-state index contributed by atoms with van der Waals surface area (Å²) in [5.41, 5.74) is 1.04. The summed E-state index contributed by atoms with van der Waals surface area (Å²) in [7, 11) is 0. The first-order chi connectivity index (χ1) is 8.61.